The van der Waals surface area contributed by atoms with Crippen molar-refractivity contribution < 1.29 is 9.59 Å². The number of carbonyl (C=O) groups is 2. The molecule has 1 aromatic rings. The van der Waals surface area contributed by atoms with Gasteiger partial charge in [0.1, 0.15) is 5.54 Å². The molecule has 4 nitrogen and oxygen atoms in total. The molecule has 2 aliphatic carbocycles. The molecule has 5 heteroatoms. The molecule has 2 saturated carbocycles. The number of urea groups is 1. The maximum atomic E-state index is 12.9. The number of nitrogens with one attached hydrogen (secondary N) is 1. The van der Waals surface area contributed by atoms with Crippen molar-refractivity contribution in [3.05, 3.63) is 34.9 Å². The van der Waals surface area contributed by atoms with E-state index in [1.165, 1.54) is 4.90 Å². The molecule has 0 atom stereocenters. The first-order chi connectivity index (χ1) is 10.6. The second-order valence-electron chi connectivity index (χ2n) is 6.65. The van der Waals surface area contributed by atoms with Crippen LogP contribution >= 0.6 is 11.6 Å². The summed E-state index contributed by atoms with van der Waals surface area (Å²) < 4.78 is 0. The molecule has 0 unspecified atom stereocenters. The van der Waals surface area contributed by atoms with Crippen LogP contribution < -0.4 is 5.32 Å². The van der Waals surface area contributed by atoms with Crippen LogP contribution in [-0.2, 0) is 11.2 Å². The van der Waals surface area contributed by atoms with Gasteiger partial charge in [-0.2, -0.15) is 0 Å². The molecule has 1 saturated heterocycles. The predicted octanol–water partition coefficient (Wildman–Crippen LogP) is 2.99. The summed E-state index contributed by atoms with van der Waals surface area (Å²) in [6.07, 6.45) is 4.83. The number of hydrogen-bond acceptors (Lipinski definition) is 2. The topological polar surface area (TPSA) is 49.4 Å². The van der Waals surface area contributed by atoms with Crippen LogP contribution in [0.5, 0.6) is 0 Å². The minimum absolute atomic E-state index is 0.00504. The maximum Gasteiger partial charge on any atom is 0.325 e. The zero-order chi connectivity index (χ0) is 15.3. The largest absolute Gasteiger partial charge is 0.325 e. The molecule has 1 heterocycles. The highest BCUT2D eigenvalue weighted by molar-refractivity contribution is 6.31. The average molecular weight is 319 g/mol. The summed E-state index contributed by atoms with van der Waals surface area (Å²) >= 11 is 6.16. The number of imide groups is 1. The third-order valence-corrected chi connectivity index (χ3v) is 5.53. The SMILES string of the molecule is O=C1NC(C2CC2)(C2CC2)C(=O)N1CCc1ccccc1Cl. The second kappa shape index (κ2) is 4.98. The van der Waals surface area contributed by atoms with Gasteiger partial charge < -0.3 is 5.32 Å². The number of hydrogen-bond donors (Lipinski definition) is 1. The normalized spacial score (nSPS) is 23.8. The monoisotopic (exact) mass is 318 g/mol. The third kappa shape index (κ3) is 2.12. The number of nitrogens with zero attached hydrogens (tertiary/aromatic N) is 1. The van der Waals surface area contributed by atoms with Crippen molar-refractivity contribution in [3.63, 3.8) is 0 Å². The molecule has 0 spiro atoms. The predicted molar refractivity (Wildman–Crippen MR) is 83.6 cm³/mol. The molecule has 116 valence electrons. The Bertz CT molecular complexity index is 625. The molecule has 3 fully saturated rings. The number of benzene rings is 1. The van der Waals surface area contributed by atoms with Crippen LogP contribution in [0.2, 0.25) is 5.02 Å². The average Bonchev–Trinajstić information content (AvgIpc) is 3.38. The number of amides is 3. The van der Waals surface area contributed by atoms with Crippen LogP contribution in [0.4, 0.5) is 4.79 Å². The Balaban J connectivity index is 1.52. The summed E-state index contributed by atoms with van der Waals surface area (Å²) in [5.74, 6) is 0.693. The van der Waals surface area contributed by atoms with E-state index in [0.717, 1.165) is 31.2 Å². The van der Waals surface area contributed by atoms with E-state index in [1.807, 2.05) is 24.3 Å². The maximum absolute atomic E-state index is 12.9. The molecule has 0 bridgehead atoms. The fourth-order valence-electron chi connectivity index (χ4n) is 3.71. The van der Waals surface area contributed by atoms with Crippen molar-refractivity contribution in [2.24, 2.45) is 11.8 Å². The van der Waals surface area contributed by atoms with Crippen molar-refractivity contribution >= 4 is 23.5 Å². The first-order valence-corrected chi connectivity index (χ1v) is 8.38. The van der Waals surface area contributed by atoms with Gasteiger partial charge in [-0.1, -0.05) is 29.8 Å². The molecule has 3 amide bonds. The van der Waals surface area contributed by atoms with Crippen LogP contribution in [-0.4, -0.2) is 28.9 Å². The van der Waals surface area contributed by atoms with Crippen molar-refractivity contribution in [1.82, 2.24) is 10.2 Å². The summed E-state index contributed by atoms with van der Waals surface area (Å²) in [5, 5.41) is 3.73. The van der Waals surface area contributed by atoms with Gasteiger partial charge >= 0.3 is 6.03 Å². The molecular weight excluding hydrogens is 300 g/mol. The number of halogens is 1. The van der Waals surface area contributed by atoms with Crippen LogP contribution in [0, 0.1) is 11.8 Å². The smallest absolute Gasteiger partial charge is 0.323 e. The Hall–Kier alpha value is -1.55. The molecule has 3 aliphatic rings. The van der Waals surface area contributed by atoms with E-state index in [1.54, 1.807) is 0 Å². The third-order valence-electron chi connectivity index (χ3n) is 5.16. The van der Waals surface area contributed by atoms with Crippen LogP contribution in [0.15, 0.2) is 24.3 Å². The van der Waals surface area contributed by atoms with E-state index in [2.05, 4.69) is 5.32 Å². The Labute approximate surface area is 134 Å². The molecule has 1 aliphatic heterocycles. The van der Waals surface area contributed by atoms with E-state index in [-0.39, 0.29) is 11.9 Å². The van der Waals surface area contributed by atoms with Crippen molar-refractivity contribution in [2.45, 2.75) is 37.6 Å². The van der Waals surface area contributed by atoms with E-state index < -0.39 is 5.54 Å². The van der Waals surface area contributed by atoms with Crippen LogP contribution in [0.3, 0.4) is 0 Å². The Kier molecular flexibility index (Phi) is 3.19. The molecule has 4 rings (SSSR count). The summed E-state index contributed by atoms with van der Waals surface area (Å²) in [4.78, 5) is 26.7. The highest BCUT2D eigenvalue weighted by Gasteiger charge is 2.65. The first kappa shape index (κ1) is 14.1. The van der Waals surface area contributed by atoms with Gasteiger partial charge in [0.2, 0.25) is 0 Å². The number of carbonyl (C=O) groups excluding carboxylic acids is 2. The van der Waals surface area contributed by atoms with E-state index in [0.29, 0.717) is 29.8 Å². The molecular formula is C17H19ClN2O2. The fraction of sp³-hybridized carbons (Fsp3) is 0.529. The molecule has 22 heavy (non-hydrogen) atoms. The molecule has 0 radical (unpaired) electrons. The van der Waals surface area contributed by atoms with Crippen molar-refractivity contribution in [2.75, 3.05) is 6.54 Å². The minimum atomic E-state index is -0.586. The zero-order valence-corrected chi connectivity index (χ0v) is 13.1. The lowest BCUT2D eigenvalue weighted by molar-refractivity contribution is -0.132. The zero-order valence-electron chi connectivity index (χ0n) is 12.3. The quantitative estimate of drug-likeness (QED) is 0.848. The Morgan fingerprint density at radius 1 is 1.14 bits per heavy atom. The Morgan fingerprint density at radius 2 is 1.77 bits per heavy atom. The van der Waals surface area contributed by atoms with Gasteiger partial charge in [0.05, 0.1) is 0 Å². The van der Waals surface area contributed by atoms with E-state index in [4.69, 9.17) is 11.6 Å². The molecule has 0 aromatic heterocycles. The van der Waals surface area contributed by atoms with Crippen molar-refractivity contribution in [3.8, 4) is 0 Å². The summed E-state index contributed by atoms with van der Waals surface area (Å²) in [6.45, 7) is 0.398. The fourth-order valence-corrected chi connectivity index (χ4v) is 3.94. The minimum Gasteiger partial charge on any atom is -0.323 e. The standard InChI is InChI=1S/C17H19ClN2O2/c18-14-4-2-1-3-11(14)9-10-20-15(21)17(12-5-6-12,13-7-8-13)19-16(20)22/h1-4,12-13H,5-10H2,(H,19,22). The van der Waals surface area contributed by atoms with Crippen LogP contribution in [0.25, 0.3) is 0 Å². The van der Waals surface area contributed by atoms with E-state index >= 15 is 0 Å². The Morgan fingerprint density at radius 3 is 2.36 bits per heavy atom. The van der Waals surface area contributed by atoms with Gasteiger partial charge in [-0.05, 0) is 55.6 Å². The second-order valence-corrected chi connectivity index (χ2v) is 7.05. The van der Waals surface area contributed by atoms with Gasteiger partial charge in [0.15, 0.2) is 0 Å². The number of rotatable bonds is 5. The lowest BCUT2D eigenvalue weighted by atomic mass is 9.87. The summed E-state index contributed by atoms with van der Waals surface area (Å²) in [5.41, 5.74) is 0.387. The van der Waals surface area contributed by atoms with Gasteiger partial charge in [-0.15, -0.1) is 0 Å². The van der Waals surface area contributed by atoms with Gasteiger partial charge in [-0.25, -0.2) is 4.79 Å². The van der Waals surface area contributed by atoms with Crippen molar-refractivity contribution in [1.29, 1.82) is 0 Å². The van der Waals surface area contributed by atoms with Crippen LogP contribution in [0.1, 0.15) is 31.2 Å². The van der Waals surface area contributed by atoms with Gasteiger partial charge in [-0.3, -0.25) is 9.69 Å². The highest BCUT2D eigenvalue weighted by Crippen LogP contribution is 2.54. The molecule has 1 aromatic carbocycles. The van der Waals surface area contributed by atoms with Gasteiger partial charge in [0.25, 0.3) is 5.91 Å². The summed E-state index contributed by atoms with van der Waals surface area (Å²) in [6, 6.07) is 7.35. The van der Waals surface area contributed by atoms with E-state index in [9.17, 15) is 9.59 Å². The van der Waals surface area contributed by atoms with Gasteiger partial charge in [0, 0.05) is 11.6 Å². The highest BCUT2D eigenvalue weighted by atomic mass is 35.5. The first-order valence-electron chi connectivity index (χ1n) is 8.00. The lowest BCUT2D eigenvalue weighted by Crippen LogP contribution is -2.51. The lowest BCUT2D eigenvalue weighted by Gasteiger charge is -2.26. The summed E-state index contributed by atoms with van der Waals surface area (Å²) in [7, 11) is 0. The molecule has 1 N–H and O–H groups in total.